The number of anilines is 1. The van der Waals surface area contributed by atoms with Gasteiger partial charge in [-0.05, 0) is 48.6 Å². The highest BCUT2D eigenvalue weighted by Crippen LogP contribution is 2.16. The van der Waals surface area contributed by atoms with Crippen LogP contribution in [0.3, 0.4) is 0 Å². The van der Waals surface area contributed by atoms with Crippen LogP contribution in [0.4, 0.5) is 5.69 Å². The zero-order valence-electron chi connectivity index (χ0n) is 15.8. The fourth-order valence-electron chi connectivity index (χ4n) is 3.20. The molecule has 1 aliphatic heterocycles. The van der Waals surface area contributed by atoms with Gasteiger partial charge in [0, 0.05) is 32.4 Å². The Kier molecular flexibility index (Phi) is 8.15. The van der Waals surface area contributed by atoms with Gasteiger partial charge < -0.3 is 20.0 Å². The minimum Gasteiger partial charge on any atom is -0.459 e. The molecule has 7 heteroatoms. The number of halogens is 1. The monoisotopic (exact) mass is 482 g/mol. The zero-order valence-corrected chi connectivity index (χ0v) is 18.1. The average Bonchev–Trinajstić information content (AvgIpc) is 3.18. The first-order valence-electron chi connectivity index (χ1n) is 9.05. The van der Waals surface area contributed by atoms with Gasteiger partial charge in [-0.3, -0.25) is 9.79 Å². The highest BCUT2D eigenvalue weighted by Gasteiger charge is 2.19. The summed E-state index contributed by atoms with van der Waals surface area (Å²) in [6.07, 6.45) is 3.99. The molecule has 1 aliphatic rings. The van der Waals surface area contributed by atoms with Crippen molar-refractivity contribution in [3.63, 3.8) is 0 Å². The number of piperidine rings is 1. The molecule has 2 N–H and O–H groups in total. The Morgan fingerprint density at radius 1 is 1.30 bits per heavy atom. The first-order chi connectivity index (χ1) is 12.7. The second kappa shape index (κ2) is 10.3. The van der Waals surface area contributed by atoms with Crippen LogP contribution in [0.1, 0.15) is 35.9 Å². The molecular weight excluding hydrogens is 455 g/mol. The van der Waals surface area contributed by atoms with E-state index in [1.807, 2.05) is 31.3 Å². The molecular formula is C20H27IN4O2. The Morgan fingerprint density at radius 2 is 2.07 bits per heavy atom. The maximum Gasteiger partial charge on any atom is 0.291 e. The fraction of sp³-hybridized carbons (Fsp3) is 0.400. The quantitative estimate of drug-likeness (QED) is 0.394. The molecule has 1 amide bonds. The predicted molar refractivity (Wildman–Crippen MR) is 119 cm³/mol. The summed E-state index contributed by atoms with van der Waals surface area (Å²) in [5.41, 5.74) is 1.87. The molecule has 1 aromatic carbocycles. The van der Waals surface area contributed by atoms with E-state index in [0.29, 0.717) is 18.2 Å². The molecule has 1 atom stereocenters. The summed E-state index contributed by atoms with van der Waals surface area (Å²) < 4.78 is 5.09. The van der Waals surface area contributed by atoms with Gasteiger partial charge in [-0.1, -0.05) is 19.1 Å². The molecule has 1 saturated heterocycles. The summed E-state index contributed by atoms with van der Waals surface area (Å²) in [7, 11) is 1.83. The number of amides is 1. The molecule has 0 aliphatic carbocycles. The highest BCUT2D eigenvalue weighted by atomic mass is 127. The SMILES string of the molecule is CN=C(NCc1ccc(NC(=O)c2ccco2)cc1)N1CCCC(C)C1.I. The molecule has 27 heavy (non-hydrogen) atoms. The van der Waals surface area contributed by atoms with Crippen molar-refractivity contribution in [1.82, 2.24) is 10.2 Å². The average molecular weight is 482 g/mol. The Bertz CT molecular complexity index is 744. The van der Waals surface area contributed by atoms with Crippen LogP contribution in [-0.4, -0.2) is 36.9 Å². The number of likely N-dealkylation sites (tertiary alicyclic amines) is 1. The van der Waals surface area contributed by atoms with E-state index in [2.05, 4.69) is 27.4 Å². The summed E-state index contributed by atoms with van der Waals surface area (Å²) in [4.78, 5) is 18.7. The summed E-state index contributed by atoms with van der Waals surface area (Å²) in [5.74, 6) is 1.71. The van der Waals surface area contributed by atoms with Crippen LogP contribution < -0.4 is 10.6 Å². The van der Waals surface area contributed by atoms with Crippen molar-refractivity contribution < 1.29 is 9.21 Å². The molecule has 1 unspecified atom stereocenters. The molecule has 3 rings (SSSR count). The third kappa shape index (κ3) is 5.98. The van der Waals surface area contributed by atoms with Crippen molar-refractivity contribution in [1.29, 1.82) is 0 Å². The third-order valence-corrected chi connectivity index (χ3v) is 4.58. The van der Waals surface area contributed by atoms with Gasteiger partial charge in [-0.25, -0.2) is 0 Å². The number of carbonyl (C=O) groups excluding carboxylic acids is 1. The molecule has 6 nitrogen and oxygen atoms in total. The van der Waals surface area contributed by atoms with Crippen LogP contribution in [0, 0.1) is 5.92 Å². The van der Waals surface area contributed by atoms with Crippen LogP contribution in [0.5, 0.6) is 0 Å². The van der Waals surface area contributed by atoms with E-state index in [1.165, 1.54) is 19.1 Å². The highest BCUT2D eigenvalue weighted by molar-refractivity contribution is 14.0. The summed E-state index contributed by atoms with van der Waals surface area (Å²) in [6, 6.07) is 11.1. The van der Waals surface area contributed by atoms with Gasteiger partial charge in [0.15, 0.2) is 11.7 Å². The van der Waals surface area contributed by atoms with Crippen LogP contribution >= 0.6 is 24.0 Å². The fourth-order valence-corrected chi connectivity index (χ4v) is 3.20. The molecule has 0 radical (unpaired) electrons. The minimum atomic E-state index is -0.250. The van der Waals surface area contributed by atoms with E-state index in [0.717, 1.165) is 30.3 Å². The van der Waals surface area contributed by atoms with Crippen LogP contribution in [0.2, 0.25) is 0 Å². The van der Waals surface area contributed by atoms with Gasteiger partial charge in [0.25, 0.3) is 5.91 Å². The lowest BCUT2D eigenvalue weighted by atomic mass is 10.0. The van der Waals surface area contributed by atoms with Crippen LogP contribution in [0.25, 0.3) is 0 Å². The number of nitrogens with zero attached hydrogens (tertiary/aromatic N) is 2. The van der Waals surface area contributed by atoms with E-state index >= 15 is 0 Å². The topological polar surface area (TPSA) is 69.9 Å². The van der Waals surface area contributed by atoms with Crippen molar-refractivity contribution in [2.45, 2.75) is 26.3 Å². The van der Waals surface area contributed by atoms with Crippen molar-refractivity contribution in [3.8, 4) is 0 Å². The minimum absolute atomic E-state index is 0. The van der Waals surface area contributed by atoms with Gasteiger partial charge in [0.2, 0.25) is 0 Å². The first kappa shape index (κ1) is 21.3. The molecule has 0 bridgehead atoms. The van der Waals surface area contributed by atoms with E-state index in [9.17, 15) is 4.79 Å². The Morgan fingerprint density at radius 3 is 2.70 bits per heavy atom. The molecule has 1 fully saturated rings. The van der Waals surface area contributed by atoms with Crippen molar-refractivity contribution >= 4 is 41.5 Å². The van der Waals surface area contributed by atoms with Gasteiger partial charge in [-0.15, -0.1) is 24.0 Å². The molecule has 0 saturated carbocycles. The van der Waals surface area contributed by atoms with Crippen molar-refractivity contribution in [2.75, 3.05) is 25.5 Å². The van der Waals surface area contributed by atoms with Gasteiger partial charge in [-0.2, -0.15) is 0 Å². The predicted octanol–water partition coefficient (Wildman–Crippen LogP) is 3.96. The molecule has 2 heterocycles. The Hall–Kier alpha value is -2.03. The number of carbonyl (C=O) groups is 1. The number of benzene rings is 1. The summed E-state index contributed by atoms with van der Waals surface area (Å²) in [6.45, 7) is 5.10. The zero-order chi connectivity index (χ0) is 18.4. The number of nitrogens with one attached hydrogen (secondary N) is 2. The lowest BCUT2D eigenvalue weighted by Gasteiger charge is -2.33. The third-order valence-electron chi connectivity index (χ3n) is 4.58. The van der Waals surface area contributed by atoms with Crippen LogP contribution in [0.15, 0.2) is 52.1 Å². The Balaban J connectivity index is 0.00000261. The number of furan rings is 1. The largest absolute Gasteiger partial charge is 0.459 e. The number of guanidine groups is 1. The number of hydrogen-bond acceptors (Lipinski definition) is 3. The second-order valence-corrected chi connectivity index (χ2v) is 6.72. The number of aliphatic imine (C=N–C) groups is 1. The van der Waals surface area contributed by atoms with Gasteiger partial charge in [0.05, 0.1) is 6.26 Å². The maximum absolute atomic E-state index is 12.0. The van der Waals surface area contributed by atoms with E-state index in [-0.39, 0.29) is 29.9 Å². The first-order valence-corrected chi connectivity index (χ1v) is 9.05. The Labute approximate surface area is 177 Å². The standard InChI is InChI=1S/C20H26N4O2.HI/c1-15-5-3-11-24(14-15)20(21-2)22-13-16-7-9-17(10-8-16)23-19(25)18-6-4-12-26-18;/h4,6-10,12,15H,3,5,11,13-14H2,1-2H3,(H,21,22)(H,23,25);1H. The molecule has 146 valence electrons. The maximum atomic E-state index is 12.0. The smallest absolute Gasteiger partial charge is 0.291 e. The number of hydrogen-bond donors (Lipinski definition) is 2. The summed E-state index contributed by atoms with van der Waals surface area (Å²) >= 11 is 0. The van der Waals surface area contributed by atoms with Crippen LogP contribution in [-0.2, 0) is 6.54 Å². The van der Waals surface area contributed by atoms with E-state index < -0.39 is 0 Å². The van der Waals surface area contributed by atoms with E-state index in [4.69, 9.17) is 4.42 Å². The van der Waals surface area contributed by atoms with E-state index in [1.54, 1.807) is 12.1 Å². The molecule has 0 spiro atoms. The second-order valence-electron chi connectivity index (χ2n) is 6.72. The molecule has 2 aromatic rings. The lowest BCUT2D eigenvalue weighted by Crippen LogP contribution is -2.45. The lowest BCUT2D eigenvalue weighted by molar-refractivity contribution is 0.0996. The number of rotatable bonds is 4. The van der Waals surface area contributed by atoms with Crippen molar-refractivity contribution in [3.05, 3.63) is 54.0 Å². The van der Waals surface area contributed by atoms with Crippen molar-refractivity contribution in [2.24, 2.45) is 10.9 Å². The van der Waals surface area contributed by atoms with Gasteiger partial charge in [0.1, 0.15) is 0 Å². The van der Waals surface area contributed by atoms with Gasteiger partial charge >= 0.3 is 0 Å². The normalized spacial score (nSPS) is 17.2. The molecule has 1 aromatic heterocycles. The summed E-state index contributed by atoms with van der Waals surface area (Å²) in [5, 5.41) is 6.25.